The van der Waals surface area contributed by atoms with Gasteiger partial charge in [-0.05, 0) is 0 Å². The molecule has 0 aromatic carbocycles. The number of hydrogen-bond acceptors (Lipinski definition) is 2. The molecule has 0 rings (SSSR count). The summed E-state index contributed by atoms with van der Waals surface area (Å²) < 4.78 is 0. The summed E-state index contributed by atoms with van der Waals surface area (Å²) >= 11 is 4.64. The summed E-state index contributed by atoms with van der Waals surface area (Å²) in [5.41, 5.74) is 0. The molecule has 4 heavy (non-hydrogen) atoms. The quantitative estimate of drug-likeness (QED) is 0.324. The molecule has 0 saturated heterocycles. The number of halogens is 1. The van der Waals surface area contributed by atoms with Gasteiger partial charge in [0.05, 0.1) is 0 Å². The van der Waals surface area contributed by atoms with Gasteiger partial charge >= 0.3 is 0 Å². The van der Waals surface area contributed by atoms with Gasteiger partial charge in [0.25, 0.3) is 0 Å². The molecule has 28 valence electrons. The molecule has 2 nitrogen and oxygen atoms in total. The van der Waals surface area contributed by atoms with E-state index in [1.165, 1.54) is 6.38 Å². The van der Waals surface area contributed by atoms with Crippen LogP contribution in [-0.4, -0.2) is 11.6 Å². The first-order valence-electron chi connectivity index (χ1n) is 0.636. The van der Waals surface area contributed by atoms with Crippen LogP contribution in [0.3, 0.4) is 0 Å². The lowest BCUT2D eigenvalue weighted by Gasteiger charge is -1.27. The Morgan fingerprint density at radius 2 is 1.50 bits per heavy atom. The molecule has 0 aromatic heterocycles. The second-order valence-electron chi connectivity index (χ2n) is 0. The first-order valence-corrected chi connectivity index (χ1v) is 1.39. The van der Waals surface area contributed by atoms with Crippen molar-refractivity contribution in [2.75, 3.05) is 6.38 Å². The van der Waals surface area contributed by atoms with E-state index in [0.29, 0.717) is 0 Å². The zero-order chi connectivity index (χ0) is 4.00. The number of alkyl halides is 1. The Morgan fingerprint density at radius 3 is 1.50 bits per heavy atom. The highest BCUT2D eigenvalue weighted by molar-refractivity contribution is 6.15. The first-order chi connectivity index (χ1) is 2.00. The molecular formula is CH6ClNO. The second-order valence-corrected chi connectivity index (χ2v) is 0. The van der Waals surface area contributed by atoms with Crippen LogP contribution in [0.25, 0.3) is 0 Å². The Bertz CT molecular complexity index is 8.00. The van der Waals surface area contributed by atoms with E-state index < -0.39 is 0 Å². The molecule has 0 aliphatic heterocycles. The van der Waals surface area contributed by atoms with Crippen molar-refractivity contribution in [3.63, 3.8) is 0 Å². The van der Waals surface area contributed by atoms with Gasteiger partial charge in [-0.25, -0.2) is 5.90 Å². The van der Waals surface area contributed by atoms with E-state index in [2.05, 4.69) is 17.5 Å². The fraction of sp³-hybridized carbons (Fsp3) is 1.00. The lowest BCUT2D eigenvalue weighted by molar-refractivity contribution is 0.311. The number of hydrogen-bond donors (Lipinski definition) is 2. The van der Waals surface area contributed by atoms with Gasteiger partial charge in [0, 0.05) is 6.38 Å². The molecule has 3 heteroatoms. The van der Waals surface area contributed by atoms with Crippen LogP contribution in [0.2, 0.25) is 0 Å². The van der Waals surface area contributed by atoms with Crippen molar-refractivity contribution in [3.8, 4) is 0 Å². The van der Waals surface area contributed by atoms with E-state index in [4.69, 9.17) is 5.21 Å². The fourth-order valence-electron chi connectivity index (χ4n) is 0. The van der Waals surface area contributed by atoms with Gasteiger partial charge in [-0.15, -0.1) is 11.6 Å². The molecule has 0 amide bonds. The summed E-state index contributed by atoms with van der Waals surface area (Å²) in [6, 6.07) is 0. The topological polar surface area (TPSA) is 46.2 Å². The second kappa shape index (κ2) is 356. The summed E-state index contributed by atoms with van der Waals surface area (Å²) in [4.78, 5) is 0. The smallest absolute Gasteiger partial charge is 0.0108 e. The summed E-state index contributed by atoms with van der Waals surface area (Å²) in [7, 11) is 0. The van der Waals surface area contributed by atoms with Crippen molar-refractivity contribution < 1.29 is 5.21 Å². The first kappa shape index (κ1) is 8.88. The zero-order valence-electron chi connectivity index (χ0n) is 2.40. The van der Waals surface area contributed by atoms with Crippen molar-refractivity contribution in [1.29, 1.82) is 0 Å². The average molecular weight is 83.5 g/mol. The minimum Gasteiger partial charge on any atom is -0.320 e. The average Bonchev–Trinajstić information content (AvgIpc) is 1.50. The minimum absolute atomic E-state index is 1.47. The Kier molecular flexibility index (Phi) is 789. The summed E-state index contributed by atoms with van der Waals surface area (Å²) in [5, 5.41) is 6.50. The molecule has 0 aliphatic rings. The summed E-state index contributed by atoms with van der Waals surface area (Å²) in [5.74, 6) is 3.50. The van der Waals surface area contributed by atoms with Crippen LogP contribution in [0.15, 0.2) is 0 Å². The van der Waals surface area contributed by atoms with E-state index in [1.54, 1.807) is 0 Å². The maximum absolute atomic E-state index is 6.50. The van der Waals surface area contributed by atoms with Crippen molar-refractivity contribution in [2.24, 2.45) is 5.90 Å². The largest absolute Gasteiger partial charge is 0.320 e. The number of rotatable bonds is 0. The highest BCUT2D eigenvalue weighted by Crippen LogP contribution is 1.34. The van der Waals surface area contributed by atoms with Gasteiger partial charge in [-0.1, -0.05) is 0 Å². The lowest BCUT2D eigenvalue weighted by atomic mass is 12.0. The third kappa shape index (κ3) is 73.4. The van der Waals surface area contributed by atoms with Crippen LogP contribution in [0, 0.1) is 0 Å². The van der Waals surface area contributed by atoms with Gasteiger partial charge in [-0.3, -0.25) is 0 Å². The maximum atomic E-state index is 6.50. The van der Waals surface area contributed by atoms with Gasteiger partial charge in [0.1, 0.15) is 0 Å². The predicted octanol–water partition coefficient (Wildman–Crippen LogP) is 0.189. The van der Waals surface area contributed by atoms with Gasteiger partial charge in [-0.2, -0.15) is 0 Å². The molecule has 0 spiro atoms. The Morgan fingerprint density at radius 1 is 1.50 bits per heavy atom. The monoisotopic (exact) mass is 83.0 g/mol. The van der Waals surface area contributed by atoms with Crippen molar-refractivity contribution in [2.45, 2.75) is 0 Å². The third-order valence-corrected chi connectivity index (χ3v) is 0. The molecule has 0 fully saturated rings. The predicted molar refractivity (Wildman–Crippen MR) is 17.8 cm³/mol. The summed E-state index contributed by atoms with van der Waals surface area (Å²) in [6.07, 6.45) is 1.47. The minimum atomic E-state index is 1.47. The summed E-state index contributed by atoms with van der Waals surface area (Å²) in [6.45, 7) is 0. The van der Waals surface area contributed by atoms with E-state index in [-0.39, 0.29) is 0 Å². The highest BCUT2D eigenvalue weighted by atomic mass is 35.5. The van der Waals surface area contributed by atoms with Crippen molar-refractivity contribution in [3.05, 3.63) is 0 Å². The van der Waals surface area contributed by atoms with E-state index in [1.807, 2.05) is 0 Å². The fourth-order valence-corrected chi connectivity index (χ4v) is 0. The van der Waals surface area contributed by atoms with Crippen LogP contribution >= 0.6 is 11.6 Å². The molecular weight excluding hydrogens is 77.5 g/mol. The molecule has 0 atom stereocenters. The highest BCUT2D eigenvalue weighted by Gasteiger charge is 0.943. The van der Waals surface area contributed by atoms with Gasteiger partial charge in [0.2, 0.25) is 0 Å². The molecule has 0 unspecified atom stereocenters. The Balaban J connectivity index is 0. The van der Waals surface area contributed by atoms with Crippen LogP contribution in [0.5, 0.6) is 0 Å². The lowest BCUT2D eigenvalue weighted by Crippen LogP contribution is -1.72. The Labute approximate surface area is 30.1 Å². The van der Waals surface area contributed by atoms with Crippen LogP contribution < -0.4 is 5.90 Å². The van der Waals surface area contributed by atoms with Crippen LogP contribution in [0.4, 0.5) is 0 Å². The normalized spacial score (nSPS) is 3.00. The van der Waals surface area contributed by atoms with E-state index in [9.17, 15) is 0 Å². The molecule has 3 N–H and O–H groups in total. The SMILES string of the molecule is CCl.NO. The molecule has 0 aromatic rings. The molecule has 0 bridgehead atoms. The van der Waals surface area contributed by atoms with Gasteiger partial charge < -0.3 is 5.21 Å². The molecule has 0 saturated carbocycles. The van der Waals surface area contributed by atoms with Gasteiger partial charge in [0.15, 0.2) is 0 Å². The maximum Gasteiger partial charge on any atom is 0.0108 e. The van der Waals surface area contributed by atoms with Crippen LogP contribution in [0.1, 0.15) is 0 Å². The number of nitrogens with two attached hydrogens (primary N) is 1. The zero-order valence-corrected chi connectivity index (χ0v) is 3.16. The molecule has 0 aliphatic carbocycles. The third-order valence-electron chi connectivity index (χ3n) is 0. The van der Waals surface area contributed by atoms with Crippen LogP contribution in [-0.2, 0) is 0 Å². The van der Waals surface area contributed by atoms with Crippen molar-refractivity contribution in [1.82, 2.24) is 0 Å². The standard InChI is InChI=1S/CH3Cl.H3NO/c2*1-2/h1H3;2H,1H2. The molecule has 0 radical (unpaired) electrons. The van der Waals surface area contributed by atoms with Crippen molar-refractivity contribution >= 4 is 11.6 Å². The molecule has 0 heterocycles. The van der Waals surface area contributed by atoms with E-state index in [0.717, 1.165) is 0 Å². The van der Waals surface area contributed by atoms with E-state index >= 15 is 0 Å². The Hall–Kier alpha value is 0.210.